The topological polar surface area (TPSA) is 160 Å². The molecule has 0 aliphatic heterocycles. The van der Waals surface area contributed by atoms with E-state index in [1.165, 1.54) is 0 Å². The Balaban J connectivity index is 0.000000351. The zero-order chi connectivity index (χ0) is 26.4. The van der Waals surface area contributed by atoms with E-state index in [0.717, 1.165) is 22.6 Å². The van der Waals surface area contributed by atoms with Gasteiger partial charge < -0.3 is 32.7 Å². The molecular weight excluding hydrogens is 487 g/mol. The number of hydrogen-bond acceptors (Lipinski definition) is 2. The fourth-order valence-electron chi connectivity index (χ4n) is 2.22. The standard InChI is InChI=1S/C12H18ClN5.C11H16ClN5/c1-18(2)12(15)17-11(14)16-8-7-9-3-5-10(13)6-4-9;1-17(2)11(14)16-10(13)15-7-8-3-5-9(12)6-4-8/h3-6H,7-8H2,1-2H3,(H4,14,15,16,17);3-6H,7H2,1-2H3,(H4,13,14,15,16). The lowest BCUT2D eigenvalue weighted by molar-refractivity contribution is 0.615. The molecule has 0 aliphatic carbocycles. The molecule has 0 radical (unpaired) electrons. The van der Waals surface area contributed by atoms with Crippen LogP contribution in [0.2, 0.25) is 10.0 Å². The van der Waals surface area contributed by atoms with Crippen LogP contribution in [0.5, 0.6) is 0 Å². The van der Waals surface area contributed by atoms with E-state index in [9.17, 15) is 0 Å². The summed E-state index contributed by atoms with van der Waals surface area (Å²) >= 11 is 11.6. The van der Waals surface area contributed by atoms with Crippen molar-refractivity contribution in [2.45, 2.75) is 13.0 Å². The lowest BCUT2D eigenvalue weighted by Gasteiger charge is -2.09. The van der Waals surface area contributed by atoms with E-state index in [4.69, 9.17) is 46.1 Å². The minimum atomic E-state index is 0.158. The first-order valence-corrected chi connectivity index (χ1v) is 11.3. The summed E-state index contributed by atoms with van der Waals surface area (Å²) in [6.07, 6.45) is 0.787. The molecule has 2 aromatic carbocycles. The summed E-state index contributed by atoms with van der Waals surface area (Å²) in [6.45, 7) is 1.02. The fourth-order valence-corrected chi connectivity index (χ4v) is 2.47. The van der Waals surface area contributed by atoms with E-state index in [1.807, 2.05) is 36.4 Å². The number of hydrogen-bond donors (Lipinski definition) is 4. The van der Waals surface area contributed by atoms with Crippen molar-refractivity contribution in [3.8, 4) is 0 Å². The lowest BCUT2D eigenvalue weighted by atomic mass is 10.1. The van der Waals surface area contributed by atoms with Gasteiger partial charge in [0, 0.05) is 44.8 Å². The van der Waals surface area contributed by atoms with Gasteiger partial charge in [-0.25, -0.2) is 4.99 Å². The van der Waals surface area contributed by atoms with Crippen LogP contribution >= 0.6 is 23.2 Å². The Labute approximate surface area is 217 Å². The molecule has 2 rings (SSSR count). The largest absolute Gasteiger partial charge is 0.369 e. The Morgan fingerprint density at radius 1 is 0.657 bits per heavy atom. The predicted octanol–water partition coefficient (Wildman–Crippen LogP) is 2.10. The van der Waals surface area contributed by atoms with Crippen molar-refractivity contribution >= 4 is 47.0 Å². The first kappa shape index (κ1) is 29.5. The molecule has 0 atom stereocenters. The zero-order valence-electron chi connectivity index (χ0n) is 20.5. The van der Waals surface area contributed by atoms with Crippen LogP contribution in [0.15, 0.2) is 68.5 Å². The lowest BCUT2D eigenvalue weighted by Crippen LogP contribution is -2.32. The Morgan fingerprint density at radius 3 is 1.49 bits per heavy atom. The number of halogens is 2. The summed E-state index contributed by atoms with van der Waals surface area (Å²) in [7, 11) is 7.15. The zero-order valence-corrected chi connectivity index (χ0v) is 22.0. The SMILES string of the molecule is CN(C)C(N)=NC(N)=NCCc1ccc(Cl)cc1.CN(C)C(N)=NC(N)=NCc1ccc(Cl)cc1. The second-order valence-electron chi connectivity index (χ2n) is 7.65. The molecule has 0 aromatic heterocycles. The van der Waals surface area contributed by atoms with Gasteiger partial charge in [-0.1, -0.05) is 47.5 Å². The maximum atomic E-state index is 5.80. The first-order valence-electron chi connectivity index (χ1n) is 10.6. The van der Waals surface area contributed by atoms with Gasteiger partial charge in [-0.2, -0.15) is 9.98 Å². The van der Waals surface area contributed by atoms with Crippen LogP contribution in [0.4, 0.5) is 0 Å². The third-order valence-electron chi connectivity index (χ3n) is 4.30. The molecule has 0 spiro atoms. The maximum Gasteiger partial charge on any atom is 0.218 e. The number of rotatable bonds is 5. The smallest absolute Gasteiger partial charge is 0.218 e. The second kappa shape index (κ2) is 15.4. The van der Waals surface area contributed by atoms with Gasteiger partial charge in [0.2, 0.25) is 11.9 Å². The molecule has 0 saturated heterocycles. The number of aliphatic imine (C=N–C) groups is 4. The summed E-state index contributed by atoms with van der Waals surface area (Å²) in [6, 6.07) is 15.0. The number of nitrogens with two attached hydrogens (primary N) is 4. The first-order chi connectivity index (χ1) is 16.5. The highest BCUT2D eigenvalue weighted by atomic mass is 35.5. The van der Waals surface area contributed by atoms with E-state index in [2.05, 4.69) is 20.0 Å². The van der Waals surface area contributed by atoms with Crippen molar-refractivity contribution in [3.63, 3.8) is 0 Å². The Hall–Kier alpha value is -3.50. The quantitative estimate of drug-likeness (QED) is 0.348. The minimum Gasteiger partial charge on any atom is -0.369 e. The summed E-state index contributed by atoms with van der Waals surface area (Å²) in [4.78, 5) is 19.4. The van der Waals surface area contributed by atoms with Crippen LogP contribution in [-0.2, 0) is 13.0 Å². The van der Waals surface area contributed by atoms with Crippen LogP contribution in [0.1, 0.15) is 11.1 Å². The van der Waals surface area contributed by atoms with Crippen molar-refractivity contribution < 1.29 is 0 Å². The van der Waals surface area contributed by atoms with E-state index < -0.39 is 0 Å². The van der Waals surface area contributed by atoms with Crippen LogP contribution in [0, 0.1) is 0 Å². The molecule has 0 unspecified atom stereocenters. The normalized spacial score (nSPS) is 12.6. The summed E-state index contributed by atoms with van der Waals surface area (Å²) < 4.78 is 0. The Morgan fingerprint density at radius 2 is 1.06 bits per heavy atom. The number of guanidine groups is 4. The van der Waals surface area contributed by atoms with Gasteiger partial charge in [0.05, 0.1) is 6.54 Å². The predicted molar refractivity (Wildman–Crippen MR) is 149 cm³/mol. The van der Waals surface area contributed by atoms with Crippen LogP contribution in [0.25, 0.3) is 0 Å². The molecule has 35 heavy (non-hydrogen) atoms. The van der Waals surface area contributed by atoms with E-state index in [0.29, 0.717) is 30.0 Å². The molecule has 0 heterocycles. The van der Waals surface area contributed by atoms with Gasteiger partial charge in [-0.3, -0.25) is 4.99 Å². The van der Waals surface area contributed by atoms with Gasteiger partial charge in [-0.05, 0) is 41.8 Å². The third-order valence-corrected chi connectivity index (χ3v) is 4.80. The highest BCUT2D eigenvalue weighted by Gasteiger charge is 1.98. The highest BCUT2D eigenvalue weighted by Crippen LogP contribution is 2.10. The van der Waals surface area contributed by atoms with Crippen molar-refractivity contribution in [3.05, 3.63) is 69.7 Å². The minimum absolute atomic E-state index is 0.158. The molecule has 2 aromatic rings. The number of benzene rings is 2. The third kappa shape index (κ3) is 13.1. The van der Waals surface area contributed by atoms with Crippen LogP contribution in [0.3, 0.4) is 0 Å². The van der Waals surface area contributed by atoms with Gasteiger partial charge >= 0.3 is 0 Å². The molecule has 0 fully saturated rings. The van der Waals surface area contributed by atoms with Gasteiger partial charge in [0.25, 0.3) is 0 Å². The van der Waals surface area contributed by atoms with Crippen LogP contribution < -0.4 is 22.9 Å². The van der Waals surface area contributed by atoms with Crippen molar-refractivity contribution in [1.29, 1.82) is 0 Å². The van der Waals surface area contributed by atoms with Crippen molar-refractivity contribution in [1.82, 2.24) is 9.80 Å². The Kier molecular flexibility index (Phi) is 13.0. The molecule has 190 valence electrons. The fraction of sp³-hybridized carbons (Fsp3) is 0.304. The van der Waals surface area contributed by atoms with E-state index in [-0.39, 0.29) is 11.9 Å². The highest BCUT2D eigenvalue weighted by molar-refractivity contribution is 6.30. The monoisotopic (exact) mass is 520 g/mol. The molecule has 10 nitrogen and oxygen atoms in total. The van der Waals surface area contributed by atoms with E-state index >= 15 is 0 Å². The van der Waals surface area contributed by atoms with Gasteiger partial charge in [0.15, 0.2) is 11.9 Å². The summed E-state index contributed by atoms with van der Waals surface area (Å²) in [5.74, 6) is 1.01. The van der Waals surface area contributed by atoms with Gasteiger partial charge in [-0.15, -0.1) is 0 Å². The molecule has 0 bridgehead atoms. The molecule has 0 saturated carbocycles. The molecule has 0 aliphatic rings. The molecular formula is C23H34Cl2N10. The van der Waals surface area contributed by atoms with Crippen molar-refractivity contribution in [2.24, 2.45) is 42.9 Å². The Bertz CT molecular complexity index is 1030. The maximum absolute atomic E-state index is 5.80. The van der Waals surface area contributed by atoms with Crippen LogP contribution in [-0.4, -0.2) is 68.4 Å². The summed E-state index contributed by atoms with van der Waals surface area (Å²) in [5.41, 5.74) is 24.6. The molecule has 8 N–H and O–H groups in total. The molecule has 0 amide bonds. The number of nitrogens with zero attached hydrogens (tertiary/aromatic N) is 6. The average molecular weight is 522 g/mol. The summed E-state index contributed by atoms with van der Waals surface area (Å²) in [5, 5.41) is 1.42. The van der Waals surface area contributed by atoms with E-state index in [1.54, 1.807) is 50.1 Å². The second-order valence-corrected chi connectivity index (χ2v) is 8.52. The molecule has 12 heteroatoms. The van der Waals surface area contributed by atoms with Gasteiger partial charge in [0.1, 0.15) is 0 Å². The van der Waals surface area contributed by atoms with Crippen molar-refractivity contribution in [2.75, 3.05) is 34.7 Å². The average Bonchev–Trinajstić information content (AvgIpc) is 2.80.